The highest BCUT2D eigenvalue weighted by molar-refractivity contribution is 6.42. The Morgan fingerprint density at radius 1 is 1.15 bits per heavy atom. The van der Waals surface area contributed by atoms with E-state index < -0.39 is 0 Å². The van der Waals surface area contributed by atoms with E-state index in [0.717, 1.165) is 6.42 Å². The summed E-state index contributed by atoms with van der Waals surface area (Å²) in [5.41, 5.74) is 3.36. The van der Waals surface area contributed by atoms with Crippen molar-refractivity contribution >= 4 is 47.5 Å². The molecule has 9 heteroatoms. The Bertz CT molecular complexity index is 804. The van der Waals surface area contributed by atoms with Crippen LogP contribution in [0.2, 0.25) is 10.0 Å². The number of carbonyl (C=O) groups excluding carboxylic acids is 1. The van der Waals surface area contributed by atoms with E-state index in [4.69, 9.17) is 33.3 Å². The monoisotopic (exact) mass is 428 g/mol. The summed E-state index contributed by atoms with van der Waals surface area (Å²) in [6.45, 7) is 1.22. The number of hydrogen-bond donors (Lipinski definition) is 3. The molecule has 1 aliphatic rings. The molecule has 1 atom stereocenters. The third-order valence-corrected chi connectivity index (χ3v) is 4.70. The second kappa shape index (κ2) is 9.80. The molecule has 3 rings (SSSR count). The average Bonchev–Trinajstić information content (AvgIpc) is 3.06. The van der Waals surface area contributed by atoms with Crippen LogP contribution in [-0.2, 0) is 0 Å². The Morgan fingerprint density at radius 3 is 2.63 bits per heavy atom. The SMILES string of the molecule is Cl.N=C(NC(=O)c1ccccc1)NN1CCC(Oc2cccc(Cl)c2Cl)C1. The molecule has 144 valence electrons. The van der Waals surface area contributed by atoms with Gasteiger partial charge >= 0.3 is 0 Å². The molecule has 0 bridgehead atoms. The Hall–Kier alpha value is -1.99. The van der Waals surface area contributed by atoms with Gasteiger partial charge in [0.05, 0.1) is 11.6 Å². The Kier molecular flexibility index (Phi) is 7.74. The van der Waals surface area contributed by atoms with Gasteiger partial charge in [-0.2, -0.15) is 0 Å². The summed E-state index contributed by atoms with van der Waals surface area (Å²) in [4.78, 5) is 12.0. The van der Waals surface area contributed by atoms with Gasteiger partial charge < -0.3 is 4.74 Å². The van der Waals surface area contributed by atoms with E-state index in [9.17, 15) is 4.79 Å². The zero-order valence-corrected chi connectivity index (χ0v) is 16.6. The predicted molar refractivity (Wildman–Crippen MR) is 109 cm³/mol. The van der Waals surface area contributed by atoms with Crippen molar-refractivity contribution in [3.8, 4) is 5.75 Å². The Morgan fingerprint density at radius 2 is 1.89 bits per heavy atom. The van der Waals surface area contributed by atoms with Gasteiger partial charge in [0.2, 0.25) is 5.96 Å². The first-order valence-electron chi connectivity index (χ1n) is 8.10. The van der Waals surface area contributed by atoms with Crippen LogP contribution in [0, 0.1) is 5.41 Å². The largest absolute Gasteiger partial charge is 0.487 e. The molecule has 0 spiro atoms. The van der Waals surface area contributed by atoms with Crippen molar-refractivity contribution < 1.29 is 9.53 Å². The molecule has 6 nitrogen and oxygen atoms in total. The number of carbonyl (C=O) groups is 1. The van der Waals surface area contributed by atoms with Crippen LogP contribution < -0.4 is 15.5 Å². The number of nitrogens with one attached hydrogen (secondary N) is 3. The molecular weight excluding hydrogens is 411 g/mol. The van der Waals surface area contributed by atoms with Crippen LogP contribution in [0.4, 0.5) is 0 Å². The fourth-order valence-corrected chi connectivity index (χ4v) is 2.98. The number of guanidine groups is 1. The van der Waals surface area contributed by atoms with Crippen LogP contribution >= 0.6 is 35.6 Å². The standard InChI is InChI=1S/C18H18Cl2N4O2.ClH/c19-14-7-4-8-15(16(14)20)26-13-9-10-24(11-13)23-18(21)22-17(25)12-5-2-1-3-6-12;/h1-8,13H,9-11H2,(H3,21,22,23,25);1H. The van der Waals surface area contributed by atoms with E-state index >= 15 is 0 Å². The maximum Gasteiger partial charge on any atom is 0.257 e. The molecule has 2 aromatic carbocycles. The Labute approximate surface area is 173 Å². The number of nitrogens with zero attached hydrogens (tertiary/aromatic N) is 1. The number of hydrazine groups is 1. The summed E-state index contributed by atoms with van der Waals surface area (Å²) in [5.74, 6) is 0.125. The quantitative estimate of drug-likeness (QED) is 0.511. The maximum atomic E-state index is 12.0. The number of ether oxygens (including phenoxy) is 1. The molecule has 1 unspecified atom stereocenters. The van der Waals surface area contributed by atoms with Gasteiger partial charge in [-0.05, 0) is 24.3 Å². The lowest BCUT2D eigenvalue weighted by Gasteiger charge is -2.20. The topological polar surface area (TPSA) is 77.5 Å². The zero-order valence-electron chi connectivity index (χ0n) is 14.2. The first-order chi connectivity index (χ1) is 12.5. The summed E-state index contributed by atoms with van der Waals surface area (Å²) in [6, 6.07) is 14.0. The third kappa shape index (κ3) is 5.74. The Balaban J connectivity index is 0.00000261. The van der Waals surface area contributed by atoms with Crippen LogP contribution in [0.25, 0.3) is 0 Å². The number of rotatable bonds is 4. The van der Waals surface area contributed by atoms with Gasteiger partial charge in [-0.15, -0.1) is 12.4 Å². The second-order valence-electron chi connectivity index (χ2n) is 5.83. The van der Waals surface area contributed by atoms with E-state index in [-0.39, 0.29) is 30.4 Å². The van der Waals surface area contributed by atoms with Crippen LogP contribution in [0.1, 0.15) is 16.8 Å². The van der Waals surface area contributed by atoms with Crippen molar-refractivity contribution in [2.24, 2.45) is 0 Å². The van der Waals surface area contributed by atoms with Gasteiger partial charge in [0.25, 0.3) is 5.91 Å². The molecule has 0 aliphatic carbocycles. The minimum absolute atomic E-state index is 0. The summed E-state index contributed by atoms with van der Waals surface area (Å²) in [5, 5.41) is 13.1. The number of halogens is 3. The predicted octanol–water partition coefficient (Wildman–Crippen LogP) is 3.74. The smallest absolute Gasteiger partial charge is 0.257 e. The van der Waals surface area contributed by atoms with E-state index in [1.807, 2.05) is 11.1 Å². The van der Waals surface area contributed by atoms with E-state index in [1.54, 1.807) is 42.5 Å². The first kappa shape index (κ1) is 21.3. The molecule has 1 heterocycles. The van der Waals surface area contributed by atoms with Gasteiger partial charge in [-0.1, -0.05) is 47.5 Å². The molecular formula is C18H19Cl3N4O2. The summed E-state index contributed by atoms with van der Waals surface area (Å²) in [7, 11) is 0. The highest BCUT2D eigenvalue weighted by atomic mass is 35.5. The van der Waals surface area contributed by atoms with E-state index in [0.29, 0.717) is 34.4 Å². The fourth-order valence-electron chi connectivity index (χ4n) is 2.64. The van der Waals surface area contributed by atoms with Gasteiger partial charge in [-0.3, -0.25) is 20.9 Å². The molecule has 2 aromatic rings. The molecule has 3 N–H and O–H groups in total. The van der Waals surface area contributed by atoms with Crippen LogP contribution in [0.5, 0.6) is 5.75 Å². The van der Waals surface area contributed by atoms with Gasteiger partial charge in [-0.25, -0.2) is 5.01 Å². The van der Waals surface area contributed by atoms with Crippen molar-refractivity contribution in [3.63, 3.8) is 0 Å². The molecule has 1 saturated heterocycles. The lowest BCUT2D eigenvalue weighted by molar-refractivity contribution is 0.0972. The minimum Gasteiger partial charge on any atom is -0.487 e. The van der Waals surface area contributed by atoms with Crippen molar-refractivity contribution in [3.05, 3.63) is 64.1 Å². The molecule has 0 radical (unpaired) electrons. The van der Waals surface area contributed by atoms with Crippen LogP contribution in [0.3, 0.4) is 0 Å². The second-order valence-corrected chi connectivity index (χ2v) is 6.62. The molecule has 1 aliphatic heterocycles. The lowest BCUT2D eigenvalue weighted by atomic mass is 10.2. The molecule has 0 saturated carbocycles. The first-order valence-corrected chi connectivity index (χ1v) is 8.86. The number of amides is 1. The van der Waals surface area contributed by atoms with Crippen molar-refractivity contribution in [2.75, 3.05) is 13.1 Å². The van der Waals surface area contributed by atoms with Gasteiger partial charge in [0.1, 0.15) is 16.9 Å². The summed E-state index contributed by atoms with van der Waals surface area (Å²) >= 11 is 12.1. The molecule has 0 aromatic heterocycles. The number of hydrogen-bond acceptors (Lipinski definition) is 4. The zero-order chi connectivity index (χ0) is 18.5. The normalized spacial score (nSPS) is 16.3. The van der Waals surface area contributed by atoms with E-state index in [1.165, 1.54) is 0 Å². The summed E-state index contributed by atoms with van der Waals surface area (Å²) in [6.07, 6.45) is 0.673. The average molecular weight is 430 g/mol. The van der Waals surface area contributed by atoms with Gasteiger partial charge in [0.15, 0.2) is 0 Å². The van der Waals surface area contributed by atoms with Gasteiger partial charge in [0, 0.05) is 18.5 Å². The van der Waals surface area contributed by atoms with Crippen molar-refractivity contribution in [2.45, 2.75) is 12.5 Å². The third-order valence-electron chi connectivity index (χ3n) is 3.90. The molecule has 1 amide bonds. The molecule has 1 fully saturated rings. The minimum atomic E-state index is -0.333. The van der Waals surface area contributed by atoms with E-state index in [2.05, 4.69) is 10.7 Å². The van der Waals surface area contributed by atoms with Crippen molar-refractivity contribution in [1.29, 1.82) is 5.41 Å². The molecule has 27 heavy (non-hydrogen) atoms. The van der Waals surface area contributed by atoms with Crippen LogP contribution in [-0.4, -0.2) is 36.1 Å². The van der Waals surface area contributed by atoms with Crippen LogP contribution in [0.15, 0.2) is 48.5 Å². The maximum absolute atomic E-state index is 12.0. The lowest BCUT2D eigenvalue weighted by Crippen LogP contribution is -2.48. The van der Waals surface area contributed by atoms with Crippen molar-refractivity contribution in [1.82, 2.24) is 15.8 Å². The highest BCUT2D eigenvalue weighted by Gasteiger charge is 2.25. The summed E-state index contributed by atoms with van der Waals surface area (Å²) < 4.78 is 5.89. The fraction of sp³-hybridized carbons (Fsp3) is 0.222. The number of benzene rings is 2. The highest BCUT2D eigenvalue weighted by Crippen LogP contribution is 2.32.